The number of aliphatic hydroxyl groups is 6. The number of hydrogen-bond donors (Lipinski definition) is 7. The molecule has 2 aliphatic heterocycles. The molecular weight excluding hydrogens is 696 g/mol. The highest BCUT2D eigenvalue weighted by molar-refractivity contribution is 5.88. The second-order valence-electron chi connectivity index (χ2n) is 11.5. The van der Waals surface area contributed by atoms with E-state index in [1.807, 2.05) is 0 Å². The Hall–Kier alpha value is -4.50. The second kappa shape index (κ2) is 17.8. The highest BCUT2D eigenvalue weighted by Crippen LogP contribution is 2.40. The molecule has 7 N–H and O–H groups in total. The van der Waals surface area contributed by atoms with E-state index in [0.717, 1.165) is 12.2 Å². The Labute approximate surface area is 297 Å². The van der Waals surface area contributed by atoms with Gasteiger partial charge in [-0.2, -0.15) is 0 Å². The third kappa shape index (κ3) is 8.92. The van der Waals surface area contributed by atoms with E-state index >= 15 is 0 Å². The third-order valence-corrected chi connectivity index (χ3v) is 8.21. The summed E-state index contributed by atoms with van der Waals surface area (Å²) < 4.78 is 48.4. The van der Waals surface area contributed by atoms with Crippen LogP contribution in [-0.2, 0) is 33.3 Å². The van der Waals surface area contributed by atoms with Gasteiger partial charge in [0.25, 0.3) is 0 Å². The Morgan fingerprint density at radius 1 is 0.769 bits per heavy atom. The number of benzene rings is 2. The molecule has 52 heavy (non-hydrogen) atoms. The minimum absolute atomic E-state index is 0.107. The van der Waals surface area contributed by atoms with Crippen molar-refractivity contribution in [2.24, 2.45) is 0 Å². The number of carbonyl (C=O) groups is 2. The van der Waals surface area contributed by atoms with E-state index < -0.39 is 86.6 Å². The van der Waals surface area contributed by atoms with E-state index in [4.69, 9.17) is 42.6 Å². The Balaban J connectivity index is 1.48. The van der Waals surface area contributed by atoms with Gasteiger partial charge in [-0.3, -0.25) is 0 Å². The first kappa shape index (κ1) is 40.3. The molecule has 9 atom stereocenters. The van der Waals surface area contributed by atoms with E-state index in [9.17, 15) is 45.3 Å². The molecule has 0 radical (unpaired) electrons. The van der Waals surface area contributed by atoms with Gasteiger partial charge in [0.05, 0.1) is 35.0 Å². The molecule has 0 spiro atoms. The summed E-state index contributed by atoms with van der Waals surface area (Å²) in [7, 11) is 5.59. The van der Waals surface area contributed by atoms with Gasteiger partial charge >= 0.3 is 11.9 Å². The minimum atomic E-state index is -2.48. The standard InChI is InChI=1S/C34H42O18/c1-44-20-11-17(5-8-19(20)37)6-9-25(38)48-15-24-27(40)29(42)30(43)33(49-24)52-34(16-36)32(28(41)23(14-35)51-34)50-26(39)10-7-18-12-21(45-2)31(47-4)22(13-18)46-3/h5-13,23-24,27-30,32-33,35-37,40-43H,14-16H2,1-4H3. The second-order valence-corrected chi connectivity index (χ2v) is 11.5. The Bertz CT molecular complexity index is 1570. The van der Waals surface area contributed by atoms with Crippen LogP contribution in [-0.4, -0.2) is 151 Å². The fourth-order valence-corrected chi connectivity index (χ4v) is 5.46. The van der Waals surface area contributed by atoms with Crippen LogP contribution in [0.1, 0.15) is 11.1 Å². The van der Waals surface area contributed by atoms with Crippen molar-refractivity contribution in [3.8, 4) is 28.7 Å². The Kier molecular flexibility index (Phi) is 13.8. The summed E-state index contributed by atoms with van der Waals surface area (Å²) in [6.45, 7) is -2.61. The molecule has 2 fully saturated rings. The van der Waals surface area contributed by atoms with Crippen LogP contribution in [0, 0.1) is 0 Å². The summed E-state index contributed by atoms with van der Waals surface area (Å²) in [6, 6.07) is 7.41. The topological polar surface area (TPSA) is 259 Å². The molecule has 0 aliphatic carbocycles. The van der Waals surface area contributed by atoms with Crippen LogP contribution in [0.2, 0.25) is 0 Å². The summed E-state index contributed by atoms with van der Waals surface area (Å²) in [6.07, 6.45) is -9.55. The first-order valence-corrected chi connectivity index (χ1v) is 15.7. The number of aliphatic hydroxyl groups excluding tert-OH is 6. The van der Waals surface area contributed by atoms with Crippen molar-refractivity contribution in [2.45, 2.75) is 54.8 Å². The van der Waals surface area contributed by atoms with Gasteiger partial charge in [-0.1, -0.05) is 6.07 Å². The van der Waals surface area contributed by atoms with Crippen molar-refractivity contribution in [3.63, 3.8) is 0 Å². The zero-order chi connectivity index (χ0) is 38.2. The molecule has 18 nitrogen and oxygen atoms in total. The van der Waals surface area contributed by atoms with Crippen LogP contribution in [0.25, 0.3) is 12.2 Å². The summed E-state index contributed by atoms with van der Waals surface area (Å²) in [5, 5.41) is 72.8. The predicted octanol–water partition coefficient (Wildman–Crippen LogP) is -1.13. The Morgan fingerprint density at radius 2 is 1.38 bits per heavy atom. The summed E-state index contributed by atoms with van der Waals surface area (Å²) in [5.41, 5.74) is 0.899. The van der Waals surface area contributed by atoms with Crippen LogP contribution in [0.15, 0.2) is 42.5 Å². The van der Waals surface area contributed by atoms with Crippen molar-refractivity contribution in [2.75, 3.05) is 48.3 Å². The van der Waals surface area contributed by atoms with Crippen molar-refractivity contribution in [1.29, 1.82) is 0 Å². The van der Waals surface area contributed by atoms with Gasteiger partial charge in [0, 0.05) is 12.2 Å². The van der Waals surface area contributed by atoms with Gasteiger partial charge in [0.1, 0.15) is 49.8 Å². The van der Waals surface area contributed by atoms with Crippen molar-refractivity contribution in [1.82, 2.24) is 0 Å². The number of phenols is 1. The molecule has 0 aromatic heterocycles. The predicted molar refractivity (Wildman–Crippen MR) is 175 cm³/mol. The number of esters is 2. The number of carbonyl (C=O) groups excluding carboxylic acids is 2. The minimum Gasteiger partial charge on any atom is -0.504 e. The summed E-state index contributed by atoms with van der Waals surface area (Å²) in [4.78, 5) is 25.4. The van der Waals surface area contributed by atoms with Gasteiger partial charge in [0.15, 0.2) is 35.4 Å². The third-order valence-electron chi connectivity index (χ3n) is 8.21. The number of phenolic OH excluding ortho intramolecular Hbond substituents is 1. The summed E-state index contributed by atoms with van der Waals surface area (Å²) in [5.74, 6) is -3.48. The average molecular weight is 739 g/mol. The van der Waals surface area contributed by atoms with Crippen LogP contribution in [0.4, 0.5) is 0 Å². The lowest BCUT2D eigenvalue weighted by Gasteiger charge is -2.43. The molecule has 18 heteroatoms. The van der Waals surface area contributed by atoms with Crippen LogP contribution < -0.4 is 18.9 Å². The highest BCUT2D eigenvalue weighted by Gasteiger charge is 2.60. The first-order chi connectivity index (χ1) is 24.8. The molecule has 286 valence electrons. The van der Waals surface area contributed by atoms with Gasteiger partial charge < -0.3 is 78.4 Å². The SMILES string of the molecule is COc1cc(C=CC(=O)OCC2OC(OC3(CO)OC(CO)C(O)C3OC(=O)C=Cc3cc(OC)c(OC)c(OC)c3)C(O)C(O)C2O)ccc1O. The smallest absolute Gasteiger partial charge is 0.331 e. The molecule has 0 bridgehead atoms. The molecule has 9 unspecified atom stereocenters. The maximum atomic E-state index is 13.0. The fourth-order valence-electron chi connectivity index (χ4n) is 5.46. The molecular formula is C34H42O18. The maximum absolute atomic E-state index is 13.0. The lowest BCUT2D eigenvalue weighted by Crippen LogP contribution is -2.63. The molecule has 2 aromatic carbocycles. The lowest BCUT2D eigenvalue weighted by molar-refractivity contribution is -0.383. The van der Waals surface area contributed by atoms with Crippen molar-refractivity contribution < 1.29 is 88.0 Å². The van der Waals surface area contributed by atoms with E-state index in [0.29, 0.717) is 28.4 Å². The normalized spacial score (nSPS) is 28.9. The molecule has 4 rings (SSSR count). The van der Waals surface area contributed by atoms with E-state index in [1.54, 1.807) is 12.1 Å². The largest absolute Gasteiger partial charge is 0.504 e. The van der Waals surface area contributed by atoms with Crippen molar-refractivity contribution >= 4 is 24.1 Å². The lowest BCUT2D eigenvalue weighted by atomic mass is 9.99. The molecule has 0 amide bonds. The zero-order valence-electron chi connectivity index (χ0n) is 28.6. The molecule has 0 saturated carbocycles. The Morgan fingerprint density at radius 3 is 1.98 bits per heavy atom. The highest BCUT2D eigenvalue weighted by atomic mass is 16.8. The van der Waals surface area contributed by atoms with E-state index in [1.165, 1.54) is 58.8 Å². The van der Waals surface area contributed by atoms with Crippen molar-refractivity contribution in [3.05, 3.63) is 53.6 Å². The van der Waals surface area contributed by atoms with Gasteiger partial charge in [-0.25, -0.2) is 9.59 Å². The fraction of sp³-hybridized carbons (Fsp3) is 0.471. The van der Waals surface area contributed by atoms with E-state index in [-0.39, 0.29) is 11.5 Å². The number of methoxy groups -OCH3 is 4. The zero-order valence-corrected chi connectivity index (χ0v) is 28.6. The quantitative estimate of drug-likeness (QED) is 0.0843. The number of hydrogen-bond acceptors (Lipinski definition) is 18. The van der Waals surface area contributed by atoms with Gasteiger partial charge in [-0.05, 0) is 47.5 Å². The summed E-state index contributed by atoms with van der Waals surface area (Å²) >= 11 is 0. The molecule has 2 aromatic rings. The monoisotopic (exact) mass is 738 g/mol. The maximum Gasteiger partial charge on any atom is 0.331 e. The van der Waals surface area contributed by atoms with Crippen LogP contribution >= 0.6 is 0 Å². The first-order valence-electron chi connectivity index (χ1n) is 15.7. The van der Waals surface area contributed by atoms with Crippen LogP contribution in [0.3, 0.4) is 0 Å². The number of aromatic hydroxyl groups is 1. The molecule has 2 aliphatic rings. The molecule has 2 saturated heterocycles. The van der Waals surface area contributed by atoms with Crippen LogP contribution in [0.5, 0.6) is 28.7 Å². The molecule has 2 heterocycles. The number of ether oxygens (including phenoxy) is 9. The van der Waals surface area contributed by atoms with Gasteiger partial charge in [0.2, 0.25) is 11.5 Å². The average Bonchev–Trinajstić information content (AvgIpc) is 3.42. The van der Waals surface area contributed by atoms with Gasteiger partial charge in [-0.15, -0.1) is 0 Å². The van der Waals surface area contributed by atoms with E-state index in [2.05, 4.69) is 0 Å². The number of rotatable bonds is 15.